The van der Waals surface area contributed by atoms with Gasteiger partial charge in [-0.25, -0.2) is 17.9 Å². The molecule has 0 unspecified atom stereocenters. The molecule has 8 nitrogen and oxygen atoms in total. The smallest absolute Gasteiger partial charge is 0.339 e. The molecule has 1 aromatic rings. The molecule has 0 aromatic heterocycles. The SMILES string of the molecule is COC(=O)c1ccc(N)cc1S(=O)(=O)NCCNC(C)=O. The molecule has 0 radical (unpaired) electrons. The number of ether oxygens (including phenoxy) is 1. The van der Waals surface area contributed by atoms with Gasteiger partial charge in [-0.1, -0.05) is 0 Å². The Hall–Kier alpha value is -2.13. The van der Waals surface area contributed by atoms with E-state index in [1.165, 1.54) is 25.1 Å². The first kappa shape index (κ1) is 16.9. The molecule has 0 aliphatic carbocycles. The zero-order chi connectivity index (χ0) is 16.0. The van der Waals surface area contributed by atoms with E-state index in [0.29, 0.717) is 0 Å². The Morgan fingerprint density at radius 2 is 1.95 bits per heavy atom. The number of nitrogens with two attached hydrogens (primary N) is 1. The van der Waals surface area contributed by atoms with E-state index in [0.717, 1.165) is 7.11 Å². The Bertz CT molecular complexity index is 642. The fourth-order valence-corrected chi connectivity index (χ4v) is 2.80. The second-order valence-corrected chi connectivity index (χ2v) is 5.86. The number of benzene rings is 1. The summed E-state index contributed by atoms with van der Waals surface area (Å²) < 4.78 is 31.2. The zero-order valence-corrected chi connectivity index (χ0v) is 12.5. The van der Waals surface area contributed by atoms with Crippen LogP contribution in [0.5, 0.6) is 0 Å². The van der Waals surface area contributed by atoms with Crippen LogP contribution in [-0.4, -0.2) is 40.5 Å². The molecule has 1 amide bonds. The number of hydrogen-bond donors (Lipinski definition) is 3. The highest BCUT2D eigenvalue weighted by Crippen LogP contribution is 2.19. The van der Waals surface area contributed by atoms with E-state index in [2.05, 4.69) is 14.8 Å². The number of esters is 1. The number of anilines is 1. The van der Waals surface area contributed by atoms with Crippen LogP contribution < -0.4 is 15.8 Å². The zero-order valence-electron chi connectivity index (χ0n) is 11.7. The first-order chi connectivity index (χ1) is 9.77. The summed E-state index contributed by atoms with van der Waals surface area (Å²) in [4.78, 5) is 22.0. The molecule has 1 rings (SSSR count). The van der Waals surface area contributed by atoms with Gasteiger partial charge in [-0.05, 0) is 18.2 Å². The number of carbonyl (C=O) groups is 2. The minimum atomic E-state index is -3.95. The summed E-state index contributed by atoms with van der Waals surface area (Å²) in [7, 11) is -2.80. The van der Waals surface area contributed by atoms with Crippen molar-refractivity contribution in [2.24, 2.45) is 0 Å². The number of amides is 1. The summed E-state index contributed by atoms with van der Waals surface area (Å²) in [5.74, 6) is -1.05. The van der Waals surface area contributed by atoms with Gasteiger partial charge in [0, 0.05) is 25.7 Å². The topological polar surface area (TPSA) is 128 Å². The lowest BCUT2D eigenvalue weighted by molar-refractivity contribution is -0.118. The molecule has 21 heavy (non-hydrogen) atoms. The van der Waals surface area contributed by atoms with Crippen LogP contribution >= 0.6 is 0 Å². The third kappa shape index (κ3) is 4.72. The minimum absolute atomic E-state index is 0.0165. The monoisotopic (exact) mass is 315 g/mol. The van der Waals surface area contributed by atoms with Gasteiger partial charge >= 0.3 is 5.97 Å². The van der Waals surface area contributed by atoms with Crippen LogP contribution in [0, 0.1) is 0 Å². The van der Waals surface area contributed by atoms with Gasteiger partial charge in [0.1, 0.15) is 0 Å². The van der Waals surface area contributed by atoms with Crippen molar-refractivity contribution >= 4 is 27.6 Å². The van der Waals surface area contributed by atoms with Crippen LogP contribution in [0.2, 0.25) is 0 Å². The second kappa shape index (κ2) is 7.04. The first-order valence-electron chi connectivity index (χ1n) is 6.00. The number of rotatable bonds is 6. The summed E-state index contributed by atoms with van der Waals surface area (Å²) >= 11 is 0. The maximum Gasteiger partial charge on any atom is 0.339 e. The fourth-order valence-electron chi connectivity index (χ4n) is 1.54. The lowest BCUT2D eigenvalue weighted by atomic mass is 10.2. The molecule has 0 atom stereocenters. The van der Waals surface area contributed by atoms with Crippen LogP contribution in [0.3, 0.4) is 0 Å². The molecule has 0 fully saturated rings. The van der Waals surface area contributed by atoms with Gasteiger partial charge in [0.2, 0.25) is 15.9 Å². The number of methoxy groups -OCH3 is 1. The van der Waals surface area contributed by atoms with Crippen LogP contribution in [0.25, 0.3) is 0 Å². The van der Waals surface area contributed by atoms with Crippen molar-refractivity contribution in [2.45, 2.75) is 11.8 Å². The molecular formula is C12H17N3O5S. The Balaban J connectivity index is 2.99. The highest BCUT2D eigenvalue weighted by atomic mass is 32.2. The number of hydrogen-bond acceptors (Lipinski definition) is 6. The number of carbonyl (C=O) groups excluding carboxylic acids is 2. The van der Waals surface area contributed by atoms with E-state index in [4.69, 9.17) is 5.73 Å². The maximum atomic E-state index is 12.2. The largest absolute Gasteiger partial charge is 0.465 e. The Labute approximate surface area is 122 Å². The second-order valence-electron chi connectivity index (χ2n) is 4.13. The predicted molar refractivity (Wildman–Crippen MR) is 76.1 cm³/mol. The molecule has 0 bridgehead atoms. The van der Waals surface area contributed by atoms with Gasteiger partial charge in [0.15, 0.2) is 0 Å². The summed E-state index contributed by atoms with van der Waals surface area (Å²) in [5, 5.41) is 2.45. The van der Waals surface area contributed by atoms with E-state index in [9.17, 15) is 18.0 Å². The molecule has 0 aliphatic heterocycles. The van der Waals surface area contributed by atoms with Crippen molar-refractivity contribution in [2.75, 3.05) is 25.9 Å². The Morgan fingerprint density at radius 3 is 2.52 bits per heavy atom. The summed E-state index contributed by atoms with van der Waals surface area (Å²) in [6, 6.07) is 3.86. The summed E-state index contributed by atoms with van der Waals surface area (Å²) in [5.41, 5.74) is 5.65. The van der Waals surface area contributed by atoms with Gasteiger partial charge in [0.25, 0.3) is 0 Å². The van der Waals surface area contributed by atoms with Crippen molar-refractivity contribution in [1.82, 2.24) is 10.0 Å². The van der Waals surface area contributed by atoms with E-state index < -0.39 is 16.0 Å². The average molecular weight is 315 g/mol. The minimum Gasteiger partial charge on any atom is -0.465 e. The number of nitrogen functional groups attached to an aromatic ring is 1. The van der Waals surface area contributed by atoms with Crippen molar-refractivity contribution in [3.05, 3.63) is 23.8 Å². The molecule has 116 valence electrons. The van der Waals surface area contributed by atoms with Crippen LogP contribution in [0.15, 0.2) is 23.1 Å². The summed E-state index contributed by atoms with van der Waals surface area (Å²) in [6.07, 6.45) is 0. The van der Waals surface area contributed by atoms with Crippen molar-refractivity contribution < 1.29 is 22.7 Å². The van der Waals surface area contributed by atoms with E-state index >= 15 is 0 Å². The van der Waals surface area contributed by atoms with Crippen molar-refractivity contribution in [3.63, 3.8) is 0 Å². The maximum absolute atomic E-state index is 12.2. The Morgan fingerprint density at radius 1 is 1.29 bits per heavy atom. The van der Waals surface area contributed by atoms with Gasteiger partial charge in [-0.15, -0.1) is 0 Å². The predicted octanol–water partition coefficient (Wildman–Crippen LogP) is -0.530. The van der Waals surface area contributed by atoms with Crippen LogP contribution in [0.1, 0.15) is 17.3 Å². The Kier molecular flexibility index (Phi) is 5.68. The quantitative estimate of drug-likeness (QED) is 0.368. The fraction of sp³-hybridized carbons (Fsp3) is 0.333. The number of nitrogens with one attached hydrogen (secondary N) is 2. The van der Waals surface area contributed by atoms with E-state index in [1.807, 2.05) is 0 Å². The molecule has 0 aliphatic rings. The summed E-state index contributed by atoms with van der Waals surface area (Å²) in [6.45, 7) is 1.43. The molecule has 4 N–H and O–H groups in total. The highest BCUT2D eigenvalue weighted by Gasteiger charge is 2.23. The lowest BCUT2D eigenvalue weighted by Gasteiger charge is -2.11. The highest BCUT2D eigenvalue weighted by molar-refractivity contribution is 7.89. The standard InChI is InChI=1S/C12H17N3O5S/c1-8(16)14-5-6-15-21(18,19)11-7-9(13)3-4-10(11)12(17)20-2/h3-4,7,15H,5-6,13H2,1-2H3,(H,14,16). The molecule has 1 aromatic carbocycles. The van der Waals surface area contributed by atoms with Crippen molar-refractivity contribution in [1.29, 1.82) is 0 Å². The van der Waals surface area contributed by atoms with E-state index in [1.54, 1.807) is 0 Å². The first-order valence-corrected chi connectivity index (χ1v) is 7.48. The molecule has 0 saturated heterocycles. The average Bonchev–Trinajstić information content (AvgIpc) is 2.42. The van der Waals surface area contributed by atoms with Gasteiger partial charge in [-0.2, -0.15) is 0 Å². The van der Waals surface area contributed by atoms with Crippen molar-refractivity contribution in [3.8, 4) is 0 Å². The molecule has 9 heteroatoms. The lowest BCUT2D eigenvalue weighted by Crippen LogP contribution is -2.34. The van der Waals surface area contributed by atoms with Gasteiger partial charge in [-0.3, -0.25) is 4.79 Å². The van der Waals surface area contributed by atoms with Crippen LogP contribution in [-0.2, 0) is 19.6 Å². The normalized spacial score (nSPS) is 11.0. The molecule has 0 heterocycles. The third-order valence-electron chi connectivity index (χ3n) is 2.49. The van der Waals surface area contributed by atoms with Gasteiger partial charge in [0.05, 0.1) is 17.6 Å². The molecular weight excluding hydrogens is 298 g/mol. The van der Waals surface area contributed by atoms with Crippen LogP contribution in [0.4, 0.5) is 5.69 Å². The molecule has 0 saturated carbocycles. The van der Waals surface area contributed by atoms with E-state index in [-0.39, 0.29) is 35.1 Å². The van der Waals surface area contributed by atoms with Gasteiger partial charge < -0.3 is 15.8 Å². The molecule has 0 spiro atoms. The number of sulfonamides is 1. The third-order valence-corrected chi connectivity index (χ3v) is 3.99.